The van der Waals surface area contributed by atoms with Gasteiger partial charge in [-0.2, -0.15) is 18.4 Å². The van der Waals surface area contributed by atoms with Gasteiger partial charge in [-0.15, -0.1) is 0 Å². The molecule has 2 aliphatic carbocycles. The third-order valence-electron chi connectivity index (χ3n) is 6.05. The van der Waals surface area contributed by atoms with Crippen molar-refractivity contribution >= 4 is 15.9 Å². The predicted octanol–water partition coefficient (Wildman–Crippen LogP) is 4.56. The monoisotopic (exact) mass is 529 g/mol. The van der Waals surface area contributed by atoms with E-state index in [4.69, 9.17) is 15.1 Å². The fourth-order valence-electron chi connectivity index (χ4n) is 3.92. The largest absolute Gasteiger partial charge is 0.465 e. The van der Waals surface area contributed by atoms with Gasteiger partial charge in [0.25, 0.3) is 0 Å². The molecule has 1 aromatic carbocycles. The van der Waals surface area contributed by atoms with Gasteiger partial charge in [0, 0.05) is 18.9 Å². The van der Waals surface area contributed by atoms with Crippen molar-refractivity contribution in [1.29, 1.82) is 5.26 Å². The number of hydrogen-bond acceptors (Lipinski definition) is 6. The lowest BCUT2D eigenvalue weighted by molar-refractivity contribution is -0.139. The zero-order valence-electron chi connectivity index (χ0n) is 19.0. The molecule has 13 heteroatoms. The maximum atomic E-state index is 13.6. The molecule has 0 unspecified atom stereocenters. The van der Waals surface area contributed by atoms with Crippen molar-refractivity contribution in [2.45, 2.75) is 60.1 Å². The van der Waals surface area contributed by atoms with Crippen LogP contribution in [0.2, 0.25) is 0 Å². The fourth-order valence-corrected chi connectivity index (χ4v) is 5.93. The van der Waals surface area contributed by atoms with E-state index < -0.39 is 49.2 Å². The Kier molecular flexibility index (Phi) is 7.90. The Bertz CT molecular complexity index is 1270. The molecule has 2 fully saturated rings. The molecule has 0 bridgehead atoms. The maximum absolute atomic E-state index is 13.6. The first-order valence-electron chi connectivity index (χ1n) is 10.8. The summed E-state index contributed by atoms with van der Waals surface area (Å²) in [4.78, 5) is 12.8. The minimum Gasteiger partial charge on any atom is -0.465 e. The molecular formula is C23H23F4N3O5S. The highest BCUT2D eigenvalue weighted by molar-refractivity contribution is 7.92. The number of hydrogen-bond donors (Lipinski definition) is 2. The van der Waals surface area contributed by atoms with E-state index in [-0.39, 0.29) is 30.1 Å². The van der Waals surface area contributed by atoms with Crippen LogP contribution in [-0.2, 0) is 20.8 Å². The molecule has 2 saturated carbocycles. The quantitative estimate of drug-likeness (QED) is 0.543. The molecule has 2 aromatic rings. The lowest BCUT2D eigenvalue weighted by Crippen LogP contribution is -2.33. The minimum atomic E-state index is -4.88. The van der Waals surface area contributed by atoms with Gasteiger partial charge in [0.1, 0.15) is 11.4 Å². The smallest absolute Gasteiger partial charge is 0.417 e. The number of amides is 1. The molecule has 4 rings (SSSR count). The molecule has 194 valence electrons. The molecule has 0 spiro atoms. The number of methoxy groups -OCH3 is 1. The molecule has 1 heterocycles. The van der Waals surface area contributed by atoms with Gasteiger partial charge in [0.05, 0.1) is 34.1 Å². The summed E-state index contributed by atoms with van der Waals surface area (Å²) in [5.74, 6) is -0.700. The van der Waals surface area contributed by atoms with Crippen LogP contribution < -0.4 is 5.32 Å². The summed E-state index contributed by atoms with van der Waals surface area (Å²) in [5, 5.41) is 17.7. The number of sulfone groups is 1. The summed E-state index contributed by atoms with van der Waals surface area (Å²) in [6.45, 7) is 0. The highest BCUT2D eigenvalue weighted by Gasteiger charge is 2.45. The molecule has 2 atom stereocenters. The van der Waals surface area contributed by atoms with Gasteiger partial charge < -0.3 is 15.2 Å². The summed E-state index contributed by atoms with van der Waals surface area (Å²) in [6.07, 6.45) is -1.95. The number of ether oxygens (including phenoxy) is 1. The zero-order chi connectivity index (χ0) is 26.7. The van der Waals surface area contributed by atoms with E-state index in [9.17, 15) is 30.8 Å². The second-order valence-electron chi connectivity index (χ2n) is 8.56. The summed E-state index contributed by atoms with van der Waals surface area (Å²) >= 11 is 0. The van der Waals surface area contributed by atoms with Crippen LogP contribution in [0.4, 0.5) is 22.4 Å². The van der Waals surface area contributed by atoms with Gasteiger partial charge in [0.2, 0.25) is 0 Å². The summed E-state index contributed by atoms with van der Waals surface area (Å²) in [5.41, 5.74) is -1.82. The number of carboxylic acid groups (broad SMARTS) is 1. The summed E-state index contributed by atoms with van der Waals surface area (Å²) in [7, 11) is -2.75. The zero-order valence-corrected chi connectivity index (χ0v) is 19.9. The lowest BCUT2D eigenvalue weighted by atomic mass is 10.0. The van der Waals surface area contributed by atoms with Gasteiger partial charge in [-0.25, -0.2) is 17.6 Å². The number of nitrogens with one attached hydrogen (secondary N) is 1. The van der Waals surface area contributed by atoms with E-state index in [1.165, 1.54) is 19.4 Å². The SMILES string of the molecule is CO[C@@H]1CC[C@@H](S(=O)(=O)c2ccc(-c3cncc(F)c3)cc2C(F)(F)F)C1.N#CC1(NC(=O)O)CC1. The van der Waals surface area contributed by atoms with Crippen molar-refractivity contribution in [3.05, 3.63) is 48.0 Å². The molecule has 1 amide bonds. The van der Waals surface area contributed by atoms with Crippen molar-refractivity contribution in [3.8, 4) is 17.2 Å². The van der Waals surface area contributed by atoms with Crippen LogP contribution in [0.1, 0.15) is 37.7 Å². The highest BCUT2D eigenvalue weighted by atomic mass is 32.2. The number of nitrogens with zero attached hydrogens (tertiary/aromatic N) is 2. The Morgan fingerprint density at radius 2 is 1.92 bits per heavy atom. The number of pyridine rings is 1. The van der Waals surface area contributed by atoms with Crippen LogP contribution >= 0.6 is 0 Å². The normalized spacial score (nSPS) is 20.6. The van der Waals surface area contributed by atoms with Crippen molar-refractivity contribution in [2.75, 3.05) is 7.11 Å². The Balaban J connectivity index is 0.000000338. The number of nitriles is 1. The first-order valence-corrected chi connectivity index (χ1v) is 12.4. The first kappa shape index (κ1) is 27.3. The molecule has 2 aliphatic rings. The molecule has 0 radical (unpaired) electrons. The molecule has 8 nitrogen and oxygen atoms in total. The van der Waals surface area contributed by atoms with Crippen molar-refractivity contribution in [1.82, 2.24) is 10.3 Å². The Morgan fingerprint density at radius 1 is 1.22 bits per heavy atom. The lowest BCUT2D eigenvalue weighted by Gasteiger charge is -2.18. The average molecular weight is 530 g/mol. The van der Waals surface area contributed by atoms with E-state index in [2.05, 4.69) is 10.3 Å². The number of carbonyl (C=O) groups is 1. The third kappa shape index (κ3) is 6.30. The van der Waals surface area contributed by atoms with E-state index in [0.717, 1.165) is 24.4 Å². The van der Waals surface area contributed by atoms with Crippen LogP contribution in [0.5, 0.6) is 0 Å². The third-order valence-corrected chi connectivity index (χ3v) is 8.32. The number of rotatable bonds is 5. The summed E-state index contributed by atoms with van der Waals surface area (Å²) in [6, 6.07) is 5.84. The molecular weight excluding hydrogens is 506 g/mol. The van der Waals surface area contributed by atoms with Gasteiger partial charge in [-0.05, 0) is 55.9 Å². The van der Waals surface area contributed by atoms with Crippen molar-refractivity contribution < 1.29 is 40.6 Å². The number of alkyl halides is 3. The minimum absolute atomic E-state index is 0.0365. The van der Waals surface area contributed by atoms with Gasteiger partial charge >= 0.3 is 12.3 Å². The van der Waals surface area contributed by atoms with E-state index in [1.807, 2.05) is 6.07 Å². The Morgan fingerprint density at radius 3 is 2.39 bits per heavy atom. The van der Waals surface area contributed by atoms with Gasteiger partial charge in [-0.1, -0.05) is 6.07 Å². The fraction of sp³-hybridized carbons (Fsp3) is 0.435. The van der Waals surface area contributed by atoms with Crippen LogP contribution in [0.3, 0.4) is 0 Å². The molecule has 0 aliphatic heterocycles. The van der Waals surface area contributed by atoms with Crippen molar-refractivity contribution in [2.24, 2.45) is 0 Å². The first-order chi connectivity index (χ1) is 16.8. The molecule has 0 saturated heterocycles. The van der Waals surface area contributed by atoms with Crippen LogP contribution in [0.25, 0.3) is 11.1 Å². The molecule has 1 aromatic heterocycles. The maximum Gasteiger partial charge on any atom is 0.417 e. The second-order valence-corrected chi connectivity index (χ2v) is 10.8. The van der Waals surface area contributed by atoms with Crippen LogP contribution in [-0.4, -0.2) is 48.6 Å². The second kappa shape index (κ2) is 10.4. The average Bonchev–Trinajstić information content (AvgIpc) is 3.40. The standard InChI is InChI=1S/C18H17F4NO3S.C5H6N2O2/c1-26-14-3-4-15(8-14)27(24,25)17-5-2-11(7-16(17)18(20,21)22)12-6-13(19)10-23-9-12;6-3-5(1-2-5)7-4(8)9/h2,5-7,9-10,14-15H,3-4,8H2,1H3;7H,1-2H2,(H,8,9)/t14-,15-;/m1./s1. The molecule has 2 N–H and O–H groups in total. The van der Waals surface area contributed by atoms with E-state index in [0.29, 0.717) is 19.3 Å². The highest BCUT2D eigenvalue weighted by Crippen LogP contribution is 2.40. The molecule has 36 heavy (non-hydrogen) atoms. The predicted molar refractivity (Wildman–Crippen MR) is 119 cm³/mol. The van der Waals surface area contributed by atoms with Gasteiger partial charge in [0.15, 0.2) is 9.84 Å². The van der Waals surface area contributed by atoms with E-state index >= 15 is 0 Å². The summed E-state index contributed by atoms with van der Waals surface area (Å²) < 4.78 is 85.0. The van der Waals surface area contributed by atoms with Crippen LogP contribution in [0.15, 0.2) is 41.6 Å². The number of aromatic nitrogens is 1. The van der Waals surface area contributed by atoms with Gasteiger partial charge in [-0.3, -0.25) is 4.98 Å². The van der Waals surface area contributed by atoms with Crippen LogP contribution in [0, 0.1) is 17.1 Å². The topological polar surface area (TPSA) is 129 Å². The Labute approximate surface area is 204 Å². The van der Waals surface area contributed by atoms with Crippen molar-refractivity contribution in [3.63, 3.8) is 0 Å². The Hall–Kier alpha value is -3.24. The number of benzene rings is 1. The number of halogens is 4. The van der Waals surface area contributed by atoms with E-state index in [1.54, 1.807) is 0 Å².